The first-order valence-electron chi connectivity index (χ1n) is 9.14. The van der Waals surface area contributed by atoms with E-state index in [0.717, 1.165) is 43.3 Å². The van der Waals surface area contributed by atoms with Gasteiger partial charge in [-0.15, -0.1) is 0 Å². The molecule has 2 aromatic rings. The summed E-state index contributed by atoms with van der Waals surface area (Å²) in [5, 5.41) is 16.9. The maximum Gasteiger partial charge on any atom is 0.335 e. The second-order valence-electron chi connectivity index (χ2n) is 6.48. The summed E-state index contributed by atoms with van der Waals surface area (Å²) in [6.45, 7) is 1.58. The Labute approximate surface area is 161 Å². The number of methoxy groups -OCH3 is 2. The Bertz CT molecular complexity index is 971. The van der Waals surface area contributed by atoms with Crippen LogP contribution >= 0.6 is 0 Å². The van der Waals surface area contributed by atoms with E-state index in [-0.39, 0.29) is 11.3 Å². The zero-order valence-corrected chi connectivity index (χ0v) is 16.0. The molecule has 0 aliphatic carbocycles. The van der Waals surface area contributed by atoms with Crippen LogP contribution in [0.2, 0.25) is 0 Å². The van der Waals surface area contributed by atoms with Crippen LogP contribution in [0.4, 0.5) is 0 Å². The molecule has 150 valence electrons. The Morgan fingerprint density at radius 2 is 1.82 bits per heavy atom. The topological polar surface area (TPSA) is 109 Å². The average Bonchev–Trinajstić information content (AvgIpc) is 2.96. The van der Waals surface area contributed by atoms with E-state index in [9.17, 15) is 14.7 Å². The molecule has 9 nitrogen and oxygen atoms in total. The van der Waals surface area contributed by atoms with Crippen molar-refractivity contribution >= 4 is 6.21 Å². The zero-order valence-electron chi connectivity index (χ0n) is 16.0. The number of hydrazone groups is 1. The van der Waals surface area contributed by atoms with Crippen LogP contribution in [-0.4, -0.2) is 53.2 Å². The Balaban J connectivity index is 2.08. The second kappa shape index (κ2) is 8.64. The molecule has 1 fully saturated rings. The van der Waals surface area contributed by atoms with Crippen molar-refractivity contribution in [2.45, 2.75) is 25.7 Å². The maximum absolute atomic E-state index is 12.4. The molecule has 2 heterocycles. The highest BCUT2D eigenvalue weighted by Crippen LogP contribution is 2.29. The lowest BCUT2D eigenvalue weighted by molar-refractivity contribution is 0.302. The van der Waals surface area contributed by atoms with Crippen molar-refractivity contribution in [1.29, 1.82) is 0 Å². The van der Waals surface area contributed by atoms with Gasteiger partial charge in [0, 0.05) is 19.2 Å². The molecule has 2 N–H and O–H groups in total. The van der Waals surface area contributed by atoms with Gasteiger partial charge in [0.2, 0.25) is 5.88 Å². The van der Waals surface area contributed by atoms with Crippen LogP contribution in [0.1, 0.15) is 31.2 Å². The molecular weight excluding hydrogens is 364 g/mol. The number of aromatic nitrogens is 2. The number of nitrogens with zero attached hydrogens (tertiary/aromatic N) is 3. The van der Waals surface area contributed by atoms with Gasteiger partial charge >= 0.3 is 5.69 Å². The van der Waals surface area contributed by atoms with Gasteiger partial charge in [0.1, 0.15) is 17.1 Å². The number of ether oxygens (including phenoxy) is 2. The molecule has 1 aromatic carbocycles. The van der Waals surface area contributed by atoms with E-state index in [1.807, 2.05) is 5.01 Å². The third-order valence-electron chi connectivity index (χ3n) is 4.68. The minimum Gasteiger partial charge on any atom is -0.497 e. The van der Waals surface area contributed by atoms with Crippen LogP contribution in [-0.2, 0) is 0 Å². The van der Waals surface area contributed by atoms with E-state index in [1.165, 1.54) is 26.5 Å². The first kappa shape index (κ1) is 19.5. The highest BCUT2D eigenvalue weighted by molar-refractivity contribution is 5.82. The number of rotatable bonds is 5. The van der Waals surface area contributed by atoms with E-state index in [4.69, 9.17) is 9.47 Å². The number of hydrogen-bond donors (Lipinski definition) is 2. The first-order chi connectivity index (χ1) is 13.5. The zero-order chi connectivity index (χ0) is 20.1. The smallest absolute Gasteiger partial charge is 0.335 e. The summed E-state index contributed by atoms with van der Waals surface area (Å²) >= 11 is 0. The summed E-state index contributed by atoms with van der Waals surface area (Å²) in [6, 6.07) is 4.81. The number of hydrogen-bond acceptors (Lipinski definition) is 7. The van der Waals surface area contributed by atoms with Gasteiger partial charge in [0.25, 0.3) is 5.56 Å². The largest absolute Gasteiger partial charge is 0.497 e. The molecule has 0 amide bonds. The number of benzene rings is 1. The SMILES string of the molecule is COc1ccc(OC)c(-n2c(O)c(C=NN3CCCCCC3)c(=O)[nH]c2=O)c1. The Morgan fingerprint density at radius 3 is 2.46 bits per heavy atom. The van der Waals surface area contributed by atoms with Crippen molar-refractivity contribution in [2.24, 2.45) is 5.10 Å². The molecule has 0 radical (unpaired) electrons. The monoisotopic (exact) mass is 388 g/mol. The van der Waals surface area contributed by atoms with Gasteiger partial charge < -0.3 is 14.6 Å². The summed E-state index contributed by atoms with van der Waals surface area (Å²) in [6.07, 6.45) is 5.65. The summed E-state index contributed by atoms with van der Waals surface area (Å²) < 4.78 is 11.4. The van der Waals surface area contributed by atoms with Gasteiger partial charge in [-0.05, 0) is 25.0 Å². The molecule has 1 saturated heterocycles. The Kier molecular flexibility index (Phi) is 6.03. The maximum atomic E-state index is 12.4. The molecule has 0 spiro atoms. The number of aromatic amines is 1. The molecular formula is C19H24N4O5. The predicted molar refractivity (Wildman–Crippen MR) is 105 cm³/mol. The van der Waals surface area contributed by atoms with Gasteiger partial charge in [-0.1, -0.05) is 12.8 Å². The molecule has 1 aliphatic heterocycles. The number of aromatic hydroxyl groups is 1. The second-order valence-corrected chi connectivity index (χ2v) is 6.48. The Morgan fingerprint density at radius 1 is 1.11 bits per heavy atom. The van der Waals surface area contributed by atoms with Crippen molar-refractivity contribution in [1.82, 2.24) is 14.6 Å². The van der Waals surface area contributed by atoms with E-state index in [1.54, 1.807) is 12.1 Å². The van der Waals surface area contributed by atoms with Crippen molar-refractivity contribution < 1.29 is 14.6 Å². The fraction of sp³-hybridized carbons (Fsp3) is 0.421. The summed E-state index contributed by atoms with van der Waals surface area (Å²) in [7, 11) is 2.93. The van der Waals surface area contributed by atoms with Crippen molar-refractivity contribution in [3.63, 3.8) is 0 Å². The molecule has 28 heavy (non-hydrogen) atoms. The fourth-order valence-corrected chi connectivity index (χ4v) is 3.16. The van der Waals surface area contributed by atoms with Crippen molar-refractivity contribution in [3.8, 4) is 23.1 Å². The number of H-pyrrole nitrogens is 1. The van der Waals surface area contributed by atoms with Crippen LogP contribution in [0.3, 0.4) is 0 Å². The molecule has 0 bridgehead atoms. The van der Waals surface area contributed by atoms with E-state index in [0.29, 0.717) is 11.5 Å². The molecule has 3 rings (SSSR count). The quantitative estimate of drug-likeness (QED) is 0.751. The predicted octanol–water partition coefficient (Wildman–Crippen LogP) is 1.46. The minimum absolute atomic E-state index is 0.103. The van der Waals surface area contributed by atoms with Crippen LogP contribution in [0, 0.1) is 0 Å². The molecule has 0 saturated carbocycles. The lowest BCUT2D eigenvalue weighted by Crippen LogP contribution is -2.32. The van der Waals surface area contributed by atoms with Gasteiger partial charge in [-0.3, -0.25) is 14.8 Å². The van der Waals surface area contributed by atoms with Gasteiger partial charge in [-0.2, -0.15) is 5.10 Å². The standard InChI is InChI=1S/C19H24N4O5/c1-27-13-7-8-16(28-2)15(11-13)23-18(25)14(17(24)21-19(23)26)12-20-22-9-5-3-4-6-10-22/h7-8,11-12,25H,3-6,9-10H2,1-2H3,(H,21,24,26). The summed E-state index contributed by atoms with van der Waals surface area (Å²) in [5.41, 5.74) is -1.36. The molecule has 0 atom stereocenters. The third kappa shape index (κ3) is 4.03. The van der Waals surface area contributed by atoms with Crippen LogP contribution in [0.25, 0.3) is 5.69 Å². The van der Waals surface area contributed by atoms with Gasteiger partial charge in [-0.25, -0.2) is 9.36 Å². The van der Waals surface area contributed by atoms with Crippen molar-refractivity contribution in [2.75, 3.05) is 27.3 Å². The van der Waals surface area contributed by atoms with Gasteiger partial charge in [0.05, 0.1) is 26.1 Å². The lowest BCUT2D eigenvalue weighted by Gasteiger charge is -2.16. The summed E-state index contributed by atoms with van der Waals surface area (Å²) in [5.74, 6) is 0.285. The first-order valence-corrected chi connectivity index (χ1v) is 9.14. The van der Waals surface area contributed by atoms with E-state index >= 15 is 0 Å². The molecule has 0 unspecified atom stereocenters. The van der Waals surface area contributed by atoms with Crippen LogP contribution in [0.5, 0.6) is 17.4 Å². The fourth-order valence-electron chi connectivity index (χ4n) is 3.16. The molecule has 1 aliphatic rings. The number of nitrogens with one attached hydrogen (secondary N) is 1. The lowest BCUT2D eigenvalue weighted by atomic mass is 10.2. The average molecular weight is 388 g/mol. The molecule has 1 aromatic heterocycles. The van der Waals surface area contributed by atoms with Gasteiger partial charge in [0.15, 0.2) is 0 Å². The van der Waals surface area contributed by atoms with Crippen LogP contribution < -0.4 is 20.7 Å². The molecule has 9 heteroatoms. The van der Waals surface area contributed by atoms with Crippen LogP contribution in [0.15, 0.2) is 32.9 Å². The summed E-state index contributed by atoms with van der Waals surface area (Å²) in [4.78, 5) is 26.9. The highest BCUT2D eigenvalue weighted by Gasteiger charge is 2.18. The van der Waals surface area contributed by atoms with E-state index < -0.39 is 17.1 Å². The normalized spacial score (nSPS) is 14.9. The minimum atomic E-state index is -0.791. The Hall–Kier alpha value is -3.23. The van der Waals surface area contributed by atoms with E-state index in [2.05, 4.69) is 10.1 Å². The third-order valence-corrected chi connectivity index (χ3v) is 4.68. The van der Waals surface area contributed by atoms with Crippen molar-refractivity contribution in [3.05, 3.63) is 44.6 Å². The highest BCUT2D eigenvalue weighted by atomic mass is 16.5.